The van der Waals surface area contributed by atoms with Crippen LogP contribution in [0.5, 0.6) is 5.75 Å². The van der Waals surface area contributed by atoms with Gasteiger partial charge in [-0.1, -0.05) is 29.5 Å². The largest absolute Gasteiger partial charge is 0.484 e. The molecule has 0 aliphatic heterocycles. The molecule has 0 spiro atoms. The fourth-order valence-corrected chi connectivity index (χ4v) is 4.14. The summed E-state index contributed by atoms with van der Waals surface area (Å²) in [5.74, 6) is -0.169. The van der Waals surface area contributed by atoms with E-state index in [9.17, 15) is 9.18 Å². The van der Waals surface area contributed by atoms with Gasteiger partial charge in [0.2, 0.25) is 0 Å². The van der Waals surface area contributed by atoms with Gasteiger partial charge in [0.25, 0.3) is 5.91 Å². The van der Waals surface area contributed by atoms with Crippen molar-refractivity contribution in [2.24, 2.45) is 0 Å². The third-order valence-electron chi connectivity index (χ3n) is 4.36. The summed E-state index contributed by atoms with van der Waals surface area (Å²) in [6.45, 7) is 3.80. The molecule has 0 aliphatic carbocycles. The van der Waals surface area contributed by atoms with Crippen molar-refractivity contribution in [1.82, 2.24) is 4.98 Å². The smallest absolute Gasteiger partial charge is 0.271 e. The maximum atomic E-state index is 13.2. The molecule has 0 aliphatic rings. The fourth-order valence-electron chi connectivity index (χ4n) is 3.14. The van der Waals surface area contributed by atoms with Crippen molar-refractivity contribution in [2.45, 2.75) is 13.8 Å². The SMILES string of the molecule is Cc1cc(C)cc(N(C(=O)COc2ccc(F)cc2)c2nc3ccccc3s2)c1. The molecule has 0 bridgehead atoms. The van der Waals surface area contributed by atoms with Crippen molar-refractivity contribution < 1.29 is 13.9 Å². The van der Waals surface area contributed by atoms with Gasteiger partial charge < -0.3 is 4.74 Å². The Bertz CT molecular complexity index is 1120. The topological polar surface area (TPSA) is 42.4 Å². The number of amides is 1. The first-order valence-corrected chi connectivity index (χ1v) is 9.96. The van der Waals surface area contributed by atoms with Crippen molar-refractivity contribution in [3.63, 3.8) is 0 Å². The van der Waals surface area contributed by atoms with Gasteiger partial charge in [0.15, 0.2) is 11.7 Å². The predicted octanol–water partition coefficient (Wildman–Crippen LogP) is 5.80. The minimum Gasteiger partial charge on any atom is -0.484 e. The molecule has 0 atom stereocenters. The average Bonchev–Trinajstić information content (AvgIpc) is 3.10. The summed E-state index contributed by atoms with van der Waals surface area (Å²) < 4.78 is 19.7. The van der Waals surface area contributed by atoms with Crippen LogP contribution in [0.25, 0.3) is 10.2 Å². The number of benzene rings is 3. The van der Waals surface area contributed by atoms with E-state index in [-0.39, 0.29) is 18.3 Å². The van der Waals surface area contributed by atoms with Gasteiger partial charge in [0.1, 0.15) is 11.6 Å². The van der Waals surface area contributed by atoms with Gasteiger partial charge >= 0.3 is 0 Å². The van der Waals surface area contributed by atoms with Crippen LogP contribution in [-0.4, -0.2) is 17.5 Å². The van der Waals surface area contributed by atoms with E-state index in [1.54, 1.807) is 4.90 Å². The van der Waals surface area contributed by atoms with Crippen molar-refractivity contribution in [3.05, 3.63) is 83.7 Å². The highest BCUT2D eigenvalue weighted by Gasteiger charge is 2.23. The van der Waals surface area contributed by atoms with Crippen molar-refractivity contribution in [3.8, 4) is 5.75 Å². The van der Waals surface area contributed by atoms with E-state index in [1.165, 1.54) is 35.6 Å². The highest BCUT2D eigenvalue weighted by molar-refractivity contribution is 7.22. The number of hydrogen-bond donors (Lipinski definition) is 0. The van der Waals surface area contributed by atoms with E-state index in [2.05, 4.69) is 11.1 Å². The fraction of sp³-hybridized carbons (Fsp3) is 0.130. The molecule has 4 aromatic rings. The molecule has 0 unspecified atom stereocenters. The minimum atomic E-state index is -0.352. The Hall–Kier alpha value is -3.25. The second-order valence-corrected chi connectivity index (χ2v) is 7.79. The molecule has 1 aromatic heterocycles. The Morgan fingerprint density at radius 2 is 1.72 bits per heavy atom. The van der Waals surface area contributed by atoms with Gasteiger partial charge in [-0.2, -0.15) is 0 Å². The molecular weight excluding hydrogens is 387 g/mol. The monoisotopic (exact) mass is 406 g/mol. The minimum absolute atomic E-state index is 0.186. The van der Waals surface area contributed by atoms with Crippen molar-refractivity contribution in [2.75, 3.05) is 11.5 Å². The first-order chi connectivity index (χ1) is 14.0. The number of rotatable bonds is 5. The van der Waals surface area contributed by atoms with Crippen LogP contribution in [0.1, 0.15) is 11.1 Å². The first-order valence-electron chi connectivity index (χ1n) is 9.15. The third-order valence-corrected chi connectivity index (χ3v) is 5.39. The number of aryl methyl sites for hydroxylation is 2. The lowest BCUT2D eigenvalue weighted by molar-refractivity contribution is -0.119. The lowest BCUT2D eigenvalue weighted by atomic mass is 10.1. The first kappa shape index (κ1) is 19.1. The van der Waals surface area contributed by atoms with Crippen LogP contribution in [0.4, 0.5) is 15.2 Å². The molecule has 0 fully saturated rings. The quantitative estimate of drug-likeness (QED) is 0.421. The summed E-state index contributed by atoms with van der Waals surface area (Å²) in [7, 11) is 0. The molecule has 6 heteroatoms. The number of aromatic nitrogens is 1. The summed E-state index contributed by atoms with van der Waals surface area (Å²) in [5, 5.41) is 0.587. The molecule has 1 heterocycles. The Balaban J connectivity index is 1.68. The number of nitrogens with zero attached hydrogens (tertiary/aromatic N) is 2. The molecular formula is C23H19FN2O2S. The summed E-state index contributed by atoms with van der Waals surface area (Å²) in [6, 6.07) is 19.3. The molecule has 4 rings (SSSR count). The van der Waals surface area contributed by atoms with E-state index in [0.717, 1.165) is 27.0 Å². The van der Waals surface area contributed by atoms with Gasteiger partial charge in [-0.15, -0.1) is 0 Å². The van der Waals surface area contributed by atoms with Crippen LogP contribution >= 0.6 is 11.3 Å². The summed E-state index contributed by atoms with van der Waals surface area (Å²) >= 11 is 1.45. The van der Waals surface area contributed by atoms with Crippen molar-refractivity contribution >= 4 is 38.3 Å². The van der Waals surface area contributed by atoms with Crippen LogP contribution in [0.15, 0.2) is 66.7 Å². The van der Waals surface area contributed by atoms with E-state index in [4.69, 9.17) is 4.74 Å². The van der Waals surface area contributed by atoms with Crippen LogP contribution < -0.4 is 9.64 Å². The lowest BCUT2D eigenvalue weighted by Crippen LogP contribution is -2.31. The standard InChI is InChI=1S/C23H19FN2O2S/c1-15-11-16(2)13-18(12-15)26(23-25-20-5-3-4-6-21(20)29-23)22(27)14-28-19-9-7-17(24)8-10-19/h3-13H,14H2,1-2H3. The zero-order valence-electron chi connectivity index (χ0n) is 16.1. The second-order valence-electron chi connectivity index (χ2n) is 6.78. The normalized spacial score (nSPS) is 10.9. The van der Waals surface area contributed by atoms with E-state index in [0.29, 0.717) is 10.9 Å². The number of anilines is 2. The van der Waals surface area contributed by atoms with Crippen LogP contribution in [0.3, 0.4) is 0 Å². The van der Waals surface area contributed by atoms with Gasteiger partial charge in [-0.05, 0) is 73.5 Å². The molecule has 4 nitrogen and oxygen atoms in total. The third kappa shape index (κ3) is 4.27. The highest BCUT2D eigenvalue weighted by atomic mass is 32.1. The zero-order chi connectivity index (χ0) is 20.4. The maximum absolute atomic E-state index is 13.2. The number of carbonyl (C=O) groups is 1. The lowest BCUT2D eigenvalue weighted by Gasteiger charge is -2.21. The van der Waals surface area contributed by atoms with E-state index >= 15 is 0 Å². The van der Waals surface area contributed by atoms with Crippen LogP contribution in [0.2, 0.25) is 0 Å². The molecule has 3 aromatic carbocycles. The number of fused-ring (bicyclic) bond motifs is 1. The molecule has 0 saturated heterocycles. The Morgan fingerprint density at radius 1 is 1.03 bits per heavy atom. The number of carbonyl (C=O) groups excluding carboxylic acids is 1. The average molecular weight is 406 g/mol. The molecule has 146 valence electrons. The number of hydrogen-bond acceptors (Lipinski definition) is 4. The highest BCUT2D eigenvalue weighted by Crippen LogP contribution is 2.34. The molecule has 0 radical (unpaired) electrons. The molecule has 1 amide bonds. The number of halogens is 1. The number of ether oxygens (including phenoxy) is 1. The molecule has 29 heavy (non-hydrogen) atoms. The van der Waals surface area contributed by atoms with Crippen LogP contribution in [0, 0.1) is 19.7 Å². The van der Waals surface area contributed by atoms with Gasteiger partial charge in [0.05, 0.1) is 15.9 Å². The zero-order valence-corrected chi connectivity index (χ0v) is 16.9. The van der Waals surface area contributed by atoms with E-state index in [1.807, 2.05) is 50.2 Å². The van der Waals surface area contributed by atoms with Gasteiger partial charge in [-0.3, -0.25) is 9.69 Å². The molecule has 0 N–H and O–H groups in total. The predicted molar refractivity (Wildman–Crippen MR) is 115 cm³/mol. The Kier molecular flexibility index (Phi) is 5.27. The Labute approximate surface area is 172 Å². The summed E-state index contributed by atoms with van der Waals surface area (Å²) in [5.41, 5.74) is 3.69. The number of para-hydroxylation sites is 1. The summed E-state index contributed by atoms with van der Waals surface area (Å²) in [6.07, 6.45) is 0. The van der Waals surface area contributed by atoms with Gasteiger partial charge in [0, 0.05) is 0 Å². The number of thiazole rings is 1. The second kappa shape index (κ2) is 8.01. The molecule has 0 saturated carbocycles. The van der Waals surface area contributed by atoms with Crippen LogP contribution in [-0.2, 0) is 4.79 Å². The van der Waals surface area contributed by atoms with E-state index < -0.39 is 0 Å². The summed E-state index contributed by atoms with van der Waals surface area (Å²) in [4.78, 5) is 19.4. The maximum Gasteiger partial charge on any atom is 0.271 e. The van der Waals surface area contributed by atoms with Gasteiger partial charge in [-0.25, -0.2) is 9.37 Å². The van der Waals surface area contributed by atoms with Crippen molar-refractivity contribution in [1.29, 1.82) is 0 Å². The Morgan fingerprint density at radius 3 is 2.41 bits per heavy atom.